The fourth-order valence-corrected chi connectivity index (χ4v) is 1.64. The standard InChI is InChI=1S/C10H19NO/c1-9(7-11-2)6-10-4-3-5-12-8-10/h6,10-11H,3-5,7-8H2,1-2H3. The largest absolute Gasteiger partial charge is 0.381 e. The van der Waals surface area contributed by atoms with Gasteiger partial charge in [-0.15, -0.1) is 0 Å². The molecule has 1 fully saturated rings. The Morgan fingerprint density at radius 2 is 2.50 bits per heavy atom. The van der Waals surface area contributed by atoms with Gasteiger partial charge in [0.25, 0.3) is 0 Å². The second-order valence-corrected chi connectivity index (χ2v) is 3.52. The van der Waals surface area contributed by atoms with Gasteiger partial charge in [-0.25, -0.2) is 0 Å². The molecule has 0 aromatic heterocycles. The number of hydrogen-bond donors (Lipinski definition) is 1. The summed E-state index contributed by atoms with van der Waals surface area (Å²) in [6.07, 6.45) is 4.85. The number of hydrogen-bond acceptors (Lipinski definition) is 2. The van der Waals surface area contributed by atoms with E-state index in [1.165, 1.54) is 18.4 Å². The molecule has 0 amide bonds. The van der Waals surface area contributed by atoms with E-state index in [4.69, 9.17) is 4.74 Å². The number of likely N-dealkylation sites (N-methyl/N-ethyl adjacent to an activating group) is 1. The molecule has 1 N–H and O–H groups in total. The summed E-state index contributed by atoms with van der Waals surface area (Å²) >= 11 is 0. The molecule has 1 aliphatic heterocycles. The van der Waals surface area contributed by atoms with Crippen LogP contribution >= 0.6 is 0 Å². The molecule has 0 spiro atoms. The zero-order valence-electron chi connectivity index (χ0n) is 8.10. The molecule has 0 saturated carbocycles. The molecule has 0 radical (unpaired) electrons. The van der Waals surface area contributed by atoms with Gasteiger partial charge < -0.3 is 10.1 Å². The number of nitrogens with one attached hydrogen (secondary N) is 1. The maximum Gasteiger partial charge on any atom is 0.0528 e. The first kappa shape index (κ1) is 9.75. The average Bonchev–Trinajstić information content (AvgIpc) is 2.06. The fraction of sp³-hybridized carbons (Fsp3) is 0.800. The van der Waals surface area contributed by atoms with Crippen LogP contribution in [0.3, 0.4) is 0 Å². The topological polar surface area (TPSA) is 21.3 Å². The monoisotopic (exact) mass is 169 g/mol. The molecule has 12 heavy (non-hydrogen) atoms. The Morgan fingerprint density at radius 1 is 1.67 bits per heavy atom. The molecule has 1 saturated heterocycles. The fourth-order valence-electron chi connectivity index (χ4n) is 1.64. The molecule has 0 bridgehead atoms. The third-order valence-electron chi connectivity index (χ3n) is 2.17. The van der Waals surface area contributed by atoms with Gasteiger partial charge in [0, 0.05) is 19.1 Å². The first-order valence-corrected chi connectivity index (χ1v) is 4.72. The summed E-state index contributed by atoms with van der Waals surface area (Å²) < 4.78 is 5.40. The van der Waals surface area contributed by atoms with Crippen molar-refractivity contribution >= 4 is 0 Å². The van der Waals surface area contributed by atoms with Crippen molar-refractivity contribution in [3.8, 4) is 0 Å². The highest BCUT2D eigenvalue weighted by molar-refractivity contribution is 5.03. The highest BCUT2D eigenvalue weighted by Crippen LogP contribution is 2.16. The molecule has 0 aliphatic carbocycles. The van der Waals surface area contributed by atoms with Crippen LogP contribution in [0.4, 0.5) is 0 Å². The van der Waals surface area contributed by atoms with Crippen LogP contribution in [0, 0.1) is 5.92 Å². The van der Waals surface area contributed by atoms with Crippen molar-refractivity contribution in [1.82, 2.24) is 5.32 Å². The van der Waals surface area contributed by atoms with Gasteiger partial charge in [0.15, 0.2) is 0 Å². The molecule has 1 unspecified atom stereocenters. The van der Waals surface area contributed by atoms with Crippen molar-refractivity contribution in [1.29, 1.82) is 0 Å². The van der Waals surface area contributed by atoms with Crippen molar-refractivity contribution in [3.05, 3.63) is 11.6 Å². The van der Waals surface area contributed by atoms with E-state index in [0.717, 1.165) is 19.8 Å². The highest BCUT2D eigenvalue weighted by Gasteiger charge is 2.10. The second-order valence-electron chi connectivity index (χ2n) is 3.52. The van der Waals surface area contributed by atoms with Gasteiger partial charge in [0.1, 0.15) is 0 Å². The summed E-state index contributed by atoms with van der Waals surface area (Å²) in [5.41, 5.74) is 1.42. The van der Waals surface area contributed by atoms with E-state index in [9.17, 15) is 0 Å². The van der Waals surface area contributed by atoms with Crippen molar-refractivity contribution in [2.24, 2.45) is 5.92 Å². The molecular weight excluding hydrogens is 150 g/mol. The van der Waals surface area contributed by atoms with Crippen molar-refractivity contribution < 1.29 is 4.74 Å². The van der Waals surface area contributed by atoms with Crippen LogP contribution in [-0.4, -0.2) is 26.8 Å². The Labute approximate surface area is 75.0 Å². The van der Waals surface area contributed by atoms with Crippen LogP contribution in [0.1, 0.15) is 19.8 Å². The van der Waals surface area contributed by atoms with Crippen molar-refractivity contribution in [2.45, 2.75) is 19.8 Å². The lowest BCUT2D eigenvalue weighted by molar-refractivity contribution is 0.0707. The summed E-state index contributed by atoms with van der Waals surface area (Å²) in [5, 5.41) is 3.15. The lowest BCUT2D eigenvalue weighted by Gasteiger charge is -2.19. The predicted molar refractivity (Wildman–Crippen MR) is 51.2 cm³/mol. The lowest BCUT2D eigenvalue weighted by atomic mass is 10.00. The third-order valence-corrected chi connectivity index (χ3v) is 2.17. The van der Waals surface area contributed by atoms with Gasteiger partial charge >= 0.3 is 0 Å². The number of ether oxygens (including phenoxy) is 1. The van der Waals surface area contributed by atoms with Gasteiger partial charge in [0.05, 0.1) is 6.61 Å². The average molecular weight is 169 g/mol. The Bertz CT molecular complexity index is 148. The summed E-state index contributed by atoms with van der Waals surface area (Å²) in [6, 6.07) is 0. The molecule has 2 nitrogen and oxygen atoms in total. The van der Waals surface area contributed by atoms with Crippen LogP contribution in [0.15, 0.2) is 11.6 Å². The maximum absolute atomic E-state index is 5.40. The first-order chi connectivity index (χ1) is 5.83. The van der Waals surface area contributed by atoms with E-state index in [1.807, 2.05) is 7.05 Å². The van der Waals surface area contributed by atoms with E-state index < -0.39 is 0 Å². The normalized spacial score (nSPS) is 25.8. The second kappa shape index (κ2) is 5.33. The van der Waals surface area contributed by atoms with Crippen LogP contribution in [0.25, 0.3) is 0 Å². The Kier molecular flexibility index (Phi) is 4.33. The molecule has 70 valence electrons. The smallest absolute Gasteiger partial charge is 0.0528 e. The first-order valence-electron chi connectivity index (χ1n) is 4.72. The van der Waals surface area contributed by atoms with E-state index in [0.29, 0.717) is 5.92 Å². The molecular formula is C10H19NO. The minimum absolute atomic E-state index is 0.659. The summed E-state index contributed by atoms with van der Waals surface area (Å²) in [5.74, 6) is 0.659. The van der Waals surface area contributed by atoms with E-state index in [2.05, 4.69) is 18.3 Å². The van der Waals surface area contributed by atoms with Gasteiger partial charge in [-0.3, -0.25) is 0 Å². The minimum Gasteiger partial charge on any atom is -0.381 e. The van der Waals surface area contributed by atoms with Crippen molar-refractivity contribution in [3.63, 3.8) is 0 Å². The molecule has 1 aliphatic rings. The van der Waals surface area contributed by atoms with Crippen molar-refractivity contribution in [2.75, 3.05) is 26.8 Å². The van der Waals surface area contributed by atoms with E-state index >= 15 is 0 Å². The molecule has 1 rings (SSSR count). The van der Waals surface area contributed by atoms with E-state index in [-0.39, 0.29) is 0 Å². The Balaban J connectivity index is 2.31. The third kappa shape index (κ3) is 3.37. The van der Waals surface area contributed by atoms with Crippen LogP contribution in [0.2, 0.25) is 0 Å². The molecule has 2 heteroatoms. The SMILES string of the molecule is CNCC(C)=CC1CCCOC1. The maximum atomic E-state index is 5.40. The quantitative estimate of drug-likeness (QED) is 0.648. The zero-order chi connectivity index (χ0) is 8.81. The molecule has 1 atom stereocenters. The highest BCUT2D eigenvalue weighted by atomic mass is 16.5. The number of rotatable bonds is 3. The zero-order valence-corrected chi connectivity index (χ0v) is 8.10. The summed E-state index contributed by atoms with van der Waals surface area (Å²) in [4.78, 5) is 0. The van der Waals surface area contributed by atoms with Gasteiger partial charge in [-0.2, -0.15) is 0 Å². The predicted octanol–water partition coefficient (Wildman–Crippen LogP) is 1.58. The minimum atomic E-state index is 0.659. The lowest BCUT2D eigenvalue weighted by Crippen LogP contribution is -2.17. The van der Waals surface area contributed by atoms with Gasteiger partial charge in [-0.1, -0.05) is 11.6 Å². The van der Waals surface area contributed by atoms with Crippen LogP contribution < -0.4 is 5.32 Å². The van der Waals surface area contributed by atoms with Crippen LogP contribution in [-0.2, 0) is 4.74 Å². The van der Waals surface area contributed by atoms with E-state index in [1.54, 1.807) is 0 Å². The van der Waals surface area contributed by atoms with Crippen LogP contribution in [0.5, 0.6) is 0 Å². The van der Waals surface area contributed by atoms with Gasteiger partial charge in [0.2, 0.25) is 0 Å². The Hall–Kier alpha value is -0.340. The molecule has 0 aromatic carbocycles. The summed E-state index contributed by atoms with van der Waals surface area (Å²) in [7, 11) is 1.98. The molecule has 0 aromatic rings. The molecule has 1 heterocycles. The van der Waals surface area contributed by atoms with Gasteiger partial charge in [-0.05, 0) is 26.8 Å². The Morgan fingerprint density at radius 3 is 3.08 bits per heavy atom. The summed E-state index contributed by atoms with van der Waals surface area (Å²) in [6.45, 7) is 5.04.